The highest BCUT2D eigenvalue weighted by atomic mass is 32.1. The van der Waals surface area contributed by atoms with Gasteiger partial charge in [0.05, 0.1) is 11.5 Å². The maximum Gasteiger partial charge on any atom is 0.407 e. The van der Waals surface area contributed by atoms with Gasteiger partial charge in [-0.25, -0.2) is 4.79 Å². The maximum atomic E-state index is 11.6. The molecule has 1 N–H and O–H groups in total. The Hall–Kier alpha value is -1.86. The summed E-state index contributed by atoms with van der Waals surface area (Å²) in [6.45, 7) is 4.96. The molecule has 2 aromatic heterocycles. The number of hydrogen-bond donors (Lipinski definition) is 1. The first kappa shape index (κ1) is 17.0. The third-order valence-electron chi connectivity index (χ3n) is 4.16. The SMILES string of the molecule is CCOC(=O)N[C@H]1CCCN(Cc2cn(C)nc2-c2cccs2)C1. The van der Waals surface area contributed by atoms with Gasteiger partial charge in [0.15, 0.2) is 0 Å². The van der Waals surface area contributed by atoms with Crippen LogP contribution in [0.1, 0.15) is 25.3 Å². The Kier molecular flexibility index (Phi) is 5.52. The van der Waals surface area contributed by atoms with E-state index in [0.717, 1.165) is 38.2 Å². The number of piperidine rings is 1. The minimum atomic E-state index is -0.315. The van der Waals surface area contributed by atoms with Crippen LogP contribution in [0.25, 0.3) is 10.6 Å². The molecule has 0 aliphatic carbocycles. The van der Waals surface area contributed by atoms with Crippen molar-refractivity contribution in [2.24, 2.45) is 7.05 Å². The van der Waals surface area contributed by atoms with E-state index in [0.29, 0.717) is 6.61 Å². The fourth-order valence-corrected chi connectivity index (χ4v) is 3.92. The fourth-order valence-electron chi connectivity index (χ4n) is 3.17. The van der Waals surface area contributed by atoms with Crippen molar-refractivity contribution in [2.75, 3.05) is 19.7 Å². The molecule has 1 atom stereocenters. The lowest BCUT2D eigenvalue weighted by atomic mass is 10.0. The Morgan fingerprint density at radius 1 is 1.54 bits per heavy atom. The number of rotatable bonds is 5. The van der Waals surface area contributed by atoms with Gasteiger partial charge in [-0.2, -0.15) is 5.10 Å². The van der Waals surface area contributed by atoms with Gasteiger partial charge >= 0.3 is 6.09 Å². The normalized spacial score (nSPS) is 18.5. The minimum absolute atomic E-state index is 0.152. The van der Waals surface area contributed by atoms with Gasteiger partial charge in [-0.05, 0) is 37.8 Å². The average Bonchev–Trinajstić information content (AvgIpc) is 3.17. The number of carbonyl (C=O) groups excluding carboxylic acids is 1. The number of aryl methyl sites for hydroxylation is 1. The lowest BCUT2D eigenvalue weighted by Crippen LogP contribution is -2.47. The second-order valence-electron chi connectivity index (χ2n) is 6.09. The topological polar surface area (TPSA) is 59.4 Å². The number of hydrogen-bond acceptors (Lipinski definition) is 5. The van der Waals surface area contributed by atoms with E-state index in [1.807, 2.05) is 18.7 Å². The number of amides is 1. The van der Waals surface area contributed by atoms with E-state index in [1.54, 1.807) is 11.3 Å². The Balaban J connectivity index is 1.65. The largest absolute Gasteiger partial charge is 0.450 e. The highest BCUT2D eigenvalue weighted by Crippen LogP contribution is 2.28. The molecule has 0 aromatic carbocycles. The predicted molar refractivity (Wildman–Crippen MR) is 95.0 cm³/mol. The Morgan fingerprint density at radius 3 is 3.17 bits per heavy atom. The Labute approximate surface area is 146 Å². The molecule has 0 radical (unpaired) electrons. The van der Waals surface area contributed by atoms with E-state index in [1.165, 1.54) is 10.4 Å². The fraction of sp³-hybridized carbons (Fsp3) is 0.529. The van der Waals surface area contributed by atoms with E-state index in [9.17, 15) is 4.79 Å². The van der Waals surface area contributed by atoms with Crippen molar-refractivity contribution in [1.82, 2.24) is 20.0 Å². The summed E-state index contributed by atoms with van der Waals surface area (Å²) in [5, 5.41) is 9.66. The number of thiophene rings is 1. The molecule has 0 unspecified atom stereocenters. The number of alkyl carbamates (subject to hydrolysis) is 1. The van der Waals surface area contributed by atoms with Crippen molar-refractivity contribution < 1.29 is 9.53 Å². The average molecular weight is 348 g/mol. The Morgan fingerprint density at radius 2 is 2.42 bits per heavy atom. The number of ether oxygens (including phenoxy) is 1. The van der Waals surface area contributed by atoms with Gasteiger partial charge in [-0.3, -0.25) is 9.58 Å². The van der Waals surface area contributed by atoms with E-state index < -0.39 is 0 Å². The van der Waals surface area contributed by atoms with Crippen molar-refractivity contribution in [3.63, 3.8) is 0 Å². The van der Waals surface area contributed by atoms with Crippen LogP contribution in [0, 0.1) is 0 Å². The zero-order valence-electron chi connectivity index (χ0n) is 14.2. The molecule has 1 aliphatic rings. The summed E-state index contributed by atoms with van der Waals surface area (Å²) in [6.07, 6.45) is 3.86. The van der Waals surface area contributed by atoms with Gasteiger partial charge in [0.2, 0.25) is 0 Å². The number of carbonyl (C=O) groups is 1. The molecule has 1 amide bonds. The van der Waals surface area contributed by atoms with Crippen molar-refractivity contribution in [3.05, 3.63) is 29.3 Å². The van der Waals surface area contributed by atoms with Crippen LogP contribution < -0.4 is 5.32 Å². The molecule has 1 saturated heterocycles. The van der Waals surface area contributed by atoms with Crippen LogP contribution >= 0.6 is 11.3 Å². The van der Waals surface area contributed by atoms with Crippen LogP contribution in [0.5, 0.6) is 0 Å². The molecule has 2 aromatic rings. The van der Waals surface area contributed by atoms with E-state index in [4.69, 9.17) is 4.74 Å². The predicted octanol–water partition coefficient (Wildman–Crippen LogP) is 2.86. The monoisotopic (exact) mass is 348 g/mol. The highest BCUT2D eigenvalue weighted by molar-refractivity contribution is 7.13. The number of nitrogens with zero attached hydrogens (tertiary/aromatic N) is 3. The number of likely N-dealkylation sites (tertiary alicyclic amines) is 1. The van der Waals surface area contributed by atoms with Crippen molar-refractivity contribution in [1.29, 1.82) is 0 Å². The quantitative estimate of drug-likeness (QED) is 0.903. The molecule has 24 heavy (non-hydrogen) atoms. The molecular weight excluding hydrogens is 324 g/mol. The molecular formula is C17H24N4O2S. The highest BCUT2D eigenvalue weighted by Gasteiger charge is 2.23. The zero-order chi connectivity index (χ0) is 16.9. The molecule has 1 fully saturated rings. The van der Waals surface area contributed by atoms with Crippen molar-refractivity contribution in [2.45, 2.75) is 32.4 Å². The van der Waals surface area contributed by atoms with Gasteiger partial charge in [0, 0.05) is 37.9 Å². The Bertz CT molecular complexity index is 668. The van der Waals surface area contributed by atoms with E-state index >= 15 is 0 Å². The standard InChI is InChI=1S/C17H24N4O2S/c1-3-23-17(22)18-14-6-4-8-21(12-14)11-13-10-20(2)19-16(13)15-7-5-9-24-15/h5,7,9-10,14H,3-4,6,8,11-12H2,1-2H3,(H,18,22)/t14-/m0/s1. The second kappa shape index (κ2) is 7.81. The third kappa shape index (κ3) is 4.15. The summed E-state index contributed by atoms with van der Waals surface area (Å²) >= 11 is 1.71. The third-order valence-corrected chi connectivity index (χ3v) is 5.03. The molecule has 0 saturated carbocycles. The molecule has 6 nitrogen and oxygen atoms in total. The molecule has 7 heteroatoms. The summed E-state index contributed by atoms with van der Waals surface area (Å²) in [4.78, 5) is 15.2. The molecule has 0 spiro atoms. The van der Waals surface area contributed by atoms with Crippen molar-refractivity contribution >= 4 is 17.4 Å². The molecule has 3 heterocycles. The summed E-state index contributed by atoms with van der Waals surface area (Å²) in [5.74, 6) is 0. The summed E-state index contributed by atoms with van der Waals surface area (Å²) in [5.41, 5.74) is 2.30. The summed E-state index contributed by atoms with van der Waals surface area (Å²) in [7, 11) is 1.96. The summed E-state index contributed by atoms with van der Waals surface area (Å²) < 4.78 is 6.87. The van der Waals surface area contributed by atoms with Crippen LogP contribution in [0.2, 0.25) is 0 Å². The maximum absolute atomic E-state index is 11.6. The van der Waals surface area contributed by atoms with Crippen LogP contribution in [0.15, 0.2) is 23.7 Å². The first-order chi connectivity index (χ1) is 11.7. The van der Waals surface area contributed by atoms with Crippen LogP contribution in [0.4, 0.5) is 4.79 Å². The zero-order valence-corrected chi connectivity index (χ0v) is 15.0. The number of aromatic nitrogens is 2. The van der Waals surface area contributed by atoms with E-state index in [-0.39, 0.29) is 12.1 Å². The van der Waals surface area contributed by atoms with Gasteiger partial charge in [0.1, 0.15) is 5.69 Å². The lowest BCUT2D eigenvalue weighted by molar-refractivity contribution is 0.132. The first-order valence-corrected chi connectivity index (χ1v) is 9.25. The van der Waals surface area contributed by atoms with Crippen molar-refractivity contribution in [3.8, 4) is 10.6 Å². The second-order valence-corrected chi connectivity index (χ2v) is 7.04. The molecule has 1 aliphatic heterocycles. The first-order valence-electron chi connectivity index (χ1n) is 8.37. The summed E-state index contributed by atoms with van der Waals surface area (Å²) in [6, 6.07) is 4.32. The van der Waals surface area contributed by atoms with Crippen LogP contribution in [0.3, 0.4) is 0 Å². The van der Waals surface area contributed by atoms with Gasteiger partial charge < -0.3 is 10.1 Å². The number of nitrogens with one attached hydrogen (secondary N) is 1. The van der Waals surface area contributed by atoms with Crippen LogP contribution in [-0.4, -0.2) is 46.5 Å². The van der Waals surface area contributed by atoms with Gasteiger partial charge in [-0.1, -0.05) is 6.07 Å². The van der Waals surface area contributed by atoms with E-state index in [2.05, 4.69) is 39.0 Å². The lowest BCUT2D eigenvalue weighted by Gasteiger charge is -2.32. The molecule has 130 valence electrons. The minimum Gasteiger partial charge on any atom is -0.450 e. The smallest absolute Gasteiger partial charge is 0.407 e. The van der Waals surface area contributed by atoms with Gasteiger partial charge in [0.25, 0.3) is 0 Å². The van der Waals surface area contributed by atoms with Crippen LogP contribution in [-0.2, 0) is 18.3 Å². The molecule has 3 rings (SSSR count). The van der Waals surface area contributed by atoms with Gasteiger partial charge in [-0.15, -0.1) is 11.3 Å². The molecule has 0 bridgehead atoms.